The Kier molecular flexibility index (Phi) is 4.67. The fourth-order valence-corrected chi connectivity index (χ4v) is 2.56. The summed E-state index contributed by atoms with van der Waals surface area (Å²) in [5.41, 5.74) is 0.987. The number of thioether (sulfide) groups is 1. The number of hydrogen-bond donors (Lipinski definition) is 0. The molecule has 0 atom stereocenters. The molecule has 0 bridgehead atoms. The molecule has 0 aliphatic rings. The molecule has 0 saturated carbocycles. The summed E-state index contributed by atoms with van der Waals surface area (Å²) in [6, 6.07) is 0. The van der Waals surface area contributed by atoms with Gasteiger partial charge in [-0.05, 0) is 31.8 Å². The third-order valence-corrected chi connectivity index (χ3v) is 3.70. The summed E-state index contributed by atoms with van der Waals surface area (Å²) in [6.45, 7) is 3.40. The molecule has 0 amide bonds. The van der Waals surface area contributed by atoms with Crippen LogP contribution in [0.4, 0.5) is 0 Å². The largest absolute Gasteiger partial charge is 0.338 e. The first-order valence-corrected chi connectivity index (χ1v) is 7.62. The van der Waals surface area contributed by atoms with Gasteiger partial charge >= 0.3 is 0 Å². The van der Waals surface area contributed by atoms with Crippen molar-refractivity contribution in [3.05, 3.63) is 22.3 Å². The Hall–Kier alpha value is -0.990. The van der Waals surface area contributed by atoms with Gasteiger partial charge in [0.15, 0.2) is 5.82 Å². The average molecular weight is 285 g/mol. The average Bonchev–Trinajstić information content (AvgIpc) is 2.90. The lowest BCUT2D eigenvalue weighted by Gasteiger charge is -2.12. The van der Waals surface area contributed by atoms with Crippen molar-refractivity contribution < 1.29 is 4.52 Å². The maximum Gasteiger partial charge on any atom is 0.240 e. The van der Waals surface area contributed by atoms with Crippen molar-refractivity contribution in [3.63, 3.8) is 0 Å². The Morgan fingerprint density at radius 1 is 1.39 bits per heavy atom. The third kappa shape index (κ3) is 3.50. The van der Waals surface area contributed by atoms with E-state index in [0.29, 0.717) is 12.4 Å². The minimum absolute atomic E-state index is 0.638. The predicted molar refractivity (Wildman–Crippen MR) is 71.3 cm³/mol. The highest BCUT2D eigenvalue weighted by Crippen LogP contribution is 2.13. The highest BCUT2D eigenvalue weighted by atomic mass is 32.2. The van der Waals surface area contributed by atoms with Crippen LogP contribution in [0.5, 0.6) is 0 Å². The molecule has 0 aromatic carbocycles. The van der Waals surface area contributed by atoms with Crippen LogP contribution >= 0.6 is 23.3 Å². The van der Waals surface area contributed by atoms with E-state index >= 15 is 0 Å². The summed E-state index contributed by atoms with van der Waals surface area (Å²) < 4.78 is 9.11. The molecule has 6 nitrogen and oxygen atoms in total. The minimum atomic E-state index is 0.638. The number of aromatic nitrogens is 4. The van der Waals surface area contributed by atoms with Crippen LogP contribution in [0.3, 0.4) is 0 Å². The number of hydrogen-bond acceptors (Lipinski definition) is 8. The van der Waals surface area contributed by atoms with Gasteiger partial charge in [0.2, 0.25) is 5.89 Å². The van der Waals surface area contributed by atoms with Crippen LogP contribution in [-0.4, -0.2) is 37.9 Å². The zero-order chi connectivity index (χ0) is 13.0. The molecule has 2 aromatic rings. The summed E-state index contributed by atoms with van der Waals surface area (Å²) >= 11 is 3.11. The van der Waals surface area contributed by atoms with E-state index in [1.54, 1.807) is 11.8 Å². The monoisotopic (exact) mass is 285 g/mol. The smallest absolute Gasteiger partial charge is 0.240 e. The molecule has 0 unspecified atom stereocenters. The van der Waals surface area contributed by atoms with E-state index in [4.69, 9.17) is 4.52 Å². The molecule has 98 valence electrons. The van der Waals surface area contributed by atoms with Gasteiger partial charge < -0.3 is 4.52 Å². The molecule has 2 heterocycles. The van der Waals surface area contributed by atoms with Crippen LogP contribution in [0, 0.1) is 6.92 Å². The molecule has 8 heteroatoms. The van der Waals surface area contributed by atoms with Crippen molar-refractivity contribution in [3.8, 4) is 0 Å². The van der Waals surface area contributed by atoms with Gasteiger partial charge in [-0.3, -0.25) is 4.90 Å². The lowest BCUT2D eigenvalue weighted by molar-refractivity contribution is 0.261. The molecule has 0 saturated heterocycles. The van der Waals surface area contributed by atoms with Crippen molar-refractivity contribution >= 4 is 23.3 Å². The number of rotatable bonds is 6. The standard InChI is InChI=1S/C10H15N5OS2/c1-7-8(18-14-12-7)4-15(2)5-10-11-9(6-17-3)13-16-10/h4-6H2,1-3H3. The molecule has 0 N–H and O–H groups in total. The lowest BCUT2D eigenvalue weighted by Crippen LogP contribution is -2.17. The second-order valence-electron chi connectivity index (χ2n) is 3.99. The highest BCUT2D eigenvalue weighted by Gasteiger charge is 2.11. The van der Waals surface area contributed by atoms with Crippen LogP contribution in [-0.2, 0) is 18.8 Å². The van der Waals surface area contributed by atoms with Gasteiger partial charge in [-0.25, -0.2) is 0 Å². The maximum atomic E-state index is 5.19. The Morgan fingerprint density at radius 2 is 2.22 bits per heavy atom. The van der Waals surface area contributed by atoms with Gasteiger partial charge in [-0.2, -0.15) is 16.7 Å². The third-order valence-electron chi connectivity index (χ3n) is 2.35. The van der Waals surface area contributed by atoms with E-state index in [9.17, 15) is 0 Å². The van der Waals surface area contributed by atoms with Gasteiger partial charge in [-0.1, -0.05) is 9.64 Å². The quantitative estimate of drug-likeness (QED) is 0.800. The van der Waals surface area contributed by atoms with Gasteiger partial charge in [0, 0.05) is 6.54 Å². The molecule has 0 aliphatic heterocycles. The highest BCUT2D eigenvalue weighted by molar-refractivity contribution is 7.97. The summed E-state index contributed by atoms with van der Waals surface area (Å²) in [5.74, 6) is 2.18. The molecule has 0 aliphatic carbocycles. The zero-order valence-electron chi connectivity index (χ0n) is 10.6. The number of aryl methyl sites for hydroxylation is 1. The van der Waals surface area contributed by atoms with E-state index in [1.807, 2.05) is 20.2 Å². The van der Waals surface area contributed by atoms with Gasteiger partial charge in [0.25, 0.3) is 0 Å². The Morgan fingerprint density at radius 3 is 2.89 bits per heavy atom. The minimum Gasteiger partial charge on any atom is -0.338 e. The fourth-order valence-electron chi connectivity index (χ4n) is 1.47. The second-order valence-corrected chi connectivity index (χ2v) is 5.70. The second kappa shape index (κ2) is 6.26. The lowest BCUT2D eigenvalue weighted by atomic mass is 10.3. The van der Waals surface area contributed by atoms with Crippen molar-refractivity contribution in [2.45, 2.75) is 25.8 Å². The van der Waals surface area contributed by atoms with Crippen molar-refractivity contribution in [1.82, 2.24) is 24.6 Å². The number of nitrogens with zero attached hydrogens (tertiary/aromatic N) is 5. The molecule has 18 heavy (non-hydrogen) atoms. The normalized spacial score (nSPS) is 11.3. The summed E-state index contributed by atoms with van der Waals surface area (Å²) in [5, 5.41) is 7.91. The molecule has 2 aromatic heterocycles. The first-order valence-electron chi connectivity index (χ1n) is 5.46. The SMILES string of the molecule is CSCc1noc(CN(C)Cc2snnc2C)n1. The summed E-state index contributed by atoms with van der Waals surface area (Å²) in [6.07, 6.45) is 2.02. The molecule has 0 spiro atoms. The van der Waals surface area contributed by atoms with E-state index in [1.165, 1.54) is 16.4 Å². The van der Waals surface area contributed by atoms with Crippen LogP contribution in [0.2, 0.25) is 0 Å². The fraction of sp³-hybridized carbons (Fsp3) is 0.600. The van der Waals surface area contributed by atoms with Crippen LogP contribution in [0.15, 0.2) is 4.52 Å². The topological polar surface area (TPSA) is 67.9 Å². The first-order chi connectivity index (χ1) is 8.69. The Balaban J connectivity index is 1.90. The molecule has 0 radical (unpaired) electrons. The van der Waals surface area contributed by atoms with Crippen molar-refractivity contribution in [2.75, 3.05) is 13.3 Å². The molecule has 0 fully saturated rings. The Labute approximate surface area is 114 Å². The van der Waals surface area contributed by atoms with Crippen molar-refractivity contribution in [1.29, 1.82) is 0 Å². The van der Waals surface area contributed by atoms with Crippen LogP contribution < -0.4 is 0 Å². The zero-order valence-corrected chi connectivity index (χ0v) is 12.2. The molecular formula is C10H15N5OS2. The summed E-state index contributed by atoms with van der Waals surface area (Å²) in [7, 11) is 2.01. The van der Waals surface area contributed by atoms with Gasteiger partial charge in [0.1, 0.15) is 0 Å². The van der Waals surface area contributed by atoms with Crippen LogP contribution in [0.1, 0.15) is 22.3 Å². The van der Waals surface area contributed by atoms with Crippen molar-refractivity contribution in [2.24, 2.45) is 0 Å². The van der Waals surface area contributed by atoms with E-state index in [0.717, 1.165) is 23.8 Å². The van der Waals surface area contributed by atoms with Crippen LogP contribution in [0.25, 0.3) is 0 Å². The molecular weight excluding hydrogens is 270 g/mol. The van der Waals surface area contributed by atoms with Gasteiger partial charge in [-0.15, -0.1) is 5.10 Å². The van der Waals surface area contributed by atoms with E-state index < -0.39 is 0 Å². The van der Waals surface area contributed by atoms with Gasteiger partial charge in [0.05, 0.1) is 22.9 Å². The van der Waals surface area contributed by atoms with E-state index in [2.05, 4.69) is 24.6 Å². The maximum absolute atomic E-state index is 5.19. The first kappa shape index (κ1) is 13.4. The summed E-state index contributed by atoms with van der Waals surface area (Å²) in [4.78, 5) is 7.60. The molecule has 2 rings (SSSR count). The Bertz CT molecular complexity index is 498. The van der Waals surface area contributed by atoms with E-state index in [-0.39, 0.29) is 0 Å². The predicted octanol–water partition coefficient (Wildman–Crippen LogP) is 1.72.